The average molecular weight is 486 g/mol. The lowest BCUT2D eigenvalue weighted by molar-refractivity contribution is -0.113. The maximum Gasteiger partial charge on any atom is 0.235 e. The lowest BCUT2D eigenvalue weighted by atomic mass is 9.97. The molecule has 1 aliphatic rings. The zero-order chi connectivity index (χ0) is 22.5. The number of hydrogen-bond acceptors (Lipinski definition) is 6. The number of halogens is 1. The van der Waals surface area contributed by atoms with Crippen molar-refractivity contribution in [3.05, 3.63) is 56.7 Å². The normalized spacial score (nSPS) is 13.7. The minimum absolute atomic E-state index is 0.136. The van der Waals surface area contributed by atoms with E-state index >= 15 is 0 Å². The number of aromatic nitrogens is 3. The topological polar surface area (TPSA) is 83.6 Å². The second kappa shape index (κ2) is 10.5. The van der Waals surface area contributed by atoms with Gasteiger partial charge in [-0.2, -0.15) is 5.26 Å². The summed E-state index contributed by atoms with van der Waals surface area (Å²) in [6, 6.07) is 9.97. The maximum atomic E-state index is 12.6. The van der Waals surface area contributed by atoms with Gasteiger partial charge in [-0.15, -0.1) is 21.5 Å². The summed E-state index contributed by atoms with van der Waals surface area (Å²) >= 11 is 8.85. The highest BCUT2D eigenvalue weighted by Crippen LogP contribution is 2.36. The molecule has 3 aromatic rings. The Morgan fingerprint density at radius 1 is 1.22 bits per heavy atom. The van der Waals surface area contributed by atoms with Crippen LogP contribution >= 0.6 is 34.7 Å². The summed E-state index contributed by atoms with van der Waals surface area (Å²) < 4.78 is 1.91. The van der Waals surface area contributed by atoms with Crippen molar-refractivity contribution in [1.29, 1.82) is 5.26 Å². The summed E-state index contributed by atoms with van der Waals surface area (Å²) in [6.07, 6.45) is 7.24. The number of nitrogens with one attached hydrogen (secondary N) is 1. The molecule has 1 aromatic carbocycles. The second-order valence-corrected chi connectivity index (χ2v) is 10.3. The minimum Gasteiger partial charge on any atom is -0.316 e. The van der Waals surface area contributed by atoms with Crippen LogP contribution in [0.4, 0.5) is 5.00 Å². The highest BCUT2D eigenvalue weighted by atomic mass is 35.5. The van der Waals surface area contributed by atoms with Crippen molar-refractivity contribution in [2.24, 2.45) is 7.05 Å². The van der Waals surface area contributed by atoms with Crippen LogP contribution in [0.15, 0.2) is 29.4 Å². The molecule has 166 valence electrons. The fourth-order valence-electron chi connectivity index (χ4n) is 3.83. The van der Waals surface area contributed by atoms with Crippen molar-refractivity contribution in [2.45, 2.75) is 50.1 Å². The number of fused-ring (bicyclic) bond motifs is 1. The van der Waals surface area contributed by atoms with Crippen LogP contribution in [-0.4, -0.2) is 26.4 Å². The van der Waals surface area contributed by atoms with E-state index in [-0.39, 0.29) is 11.7 Å². The Hall–Kier alpha value is -2.34. The van der Waals surface area contributed by atoms with Crippen LogP contribution in [0.25, 0.3) is 0 Å². The SMILES string of the molecule is Cn1c(Cc2ccc(Cl)cc2)nnc1SCC(=O)Nc1sc2c(c1C#N)CCCCCC2. The van der Waals surface area contributed by atoms with E-state index in [2.05, 4.69) is 21.6 Å². The third kappa shape index (κ3) is 5.34. The molecular formula is C23H24ClN5OS2. The van der Waals surface area contributed by atoms with Gasteiger partial charge in [-0.3, -0.25) is 4.79 Å². The Morgan fingerprint density at radius 3 is 2.72 bits per heavy atom. The number of carbonyl (C=O) groups excluding carboxylic acids is 1. The van der Waals surface area contributed by atoms with Gasteiger partial charge in [0.1, 0.15) is 16.9 Å². The van der Waals surface area contributed by atoms with Gasteiger partial charge in [-0.1, -0.05) is 48.3 Å². The quantitative estimate of drug-likeness (QED) is 0.473. The second-order valence-electron chi connectivity index (χ2n) is 7.83. The Labute approximate surface area is 201 Å². The lowest BCUT2D eigenvalue weighted by Crippen LogP contribution is -2.14. The van der Waals surface area contributed by atoms with Crippen LogP contribution in [0.5, 0.6) is 0 Å². The van der Waals surface area contributed by atoms with E-state index in [1.807, 2.05) is 35.9 Å². The number of aryl methyl sites for hydroxylation is 1. The van der Waals surface area contributed by atoms with Gasteiger partial charge >= 0.3 is 0 Å². The number of anilines is 1. The molecule has 0 aliphatic heterocycles. The number of amides is 1. The molecular weight excluding hydrogens is 462 g/mol. The lowest BCUT2D eigenvalue weighted by Gasteiger charge is -2.08. The Balaban J connectivity index is 1.38. The number of nitriles is 1. The first-order chi connectivity index (χ1) is 15.5. The van der Waals surface area contributed by atoms with Crippen molar-refractivity contribution in [3.8, 4) is 6.07 Å². The van der Waals surface area contributed by atoms with Crippen molar-refractivity contribution in [1.82, 2.24) is 14.8 Å². The van der Waals surface area contributed by atoms with Crippen LogP contribution in [0.2, 0.25) is 5.02 Å². The largest absolute Gasteiger partial charge is 0.316 e. The fraction of sp³-hybridized carbons (Fsp3) is 0.391. The van der Waals surface area contributed by atoms with Crippen molar-refractivity contribution >= 4 is 45.6 Å². The van der Waals surface area contributed by atoms with Crippen LogP contribution < -0.4 is 5.32 Å². The van der Waals surface area contributed by atoms with Gasteiger partial charge in [0.25, 0.3) is 0 Å². The van der Waals surface area contributed by atoms with E-state index in [9.17, 15) is 10.1 Å². The summed E-state index contributed by atoms with van der Waals surface area (Å²) in [5.41, 5.74) is 2.88. The first kappa shape index (κ1) is 22.8. The molecule has 0 fully saturated rings. The van der Waals surface area contributed by atoms with Crippen LogP contribution in [-0.2, 0) is 31.1 Å². The predicted molar refractivity (Wildman–Crippen MR) is 130 cm³/mol. The number of benzene rings is 1. The number of hydrogen-bond donors (Lipinski definition) is 1. The van der Waals surface area contributed by atoms with Gasteiger partial charge in [0.05, 0.1) is 11.3 Å². The molecule has 0 spiro atoms. The third-order valence-electron chi connectivity index (χ3n) is 5.57. The van der Waals surface area contributed by atoms with Gasteiger partial charge < -0.3 is 9.88 Å². The van der Waals surface area contributed by atoms with E-state index in [1.165, 1.54) is 29.5 Å². The zero-order valence-electron chi connectivity index (χ0n) is 17.9. The standard InChI is InChI=1S/C23H24ClN5OS2/c1-29-20(12-15-8-10-16(24)11-9-15)27-28-23(29)31-14-21(30)26-22-18(13-25)17-6-4-2-3-5-7-19(17)32-22/h8-11H,2-7,12,14H2,1H3,(H,26,30). The number of rotatable bonds is 6. The molecule has 0 bridgehead atoms. The van der Waals surface area contributed by atoms with Crippen molar-refractivity contribution < 1.29 is 4.79 Å². The summed E-state index contributed by atoms with van der Waals surface area (Å²) in [5, 5.41) is 23.2. The number of thiophene rings is 1. The Morgan fingerprint density at radius 2 is 1.97 bits per heavy atom. The van der Waals surface area contributed by atoms with Gasteiger partial charge in [-0.25, -0.2) is 0 Å². The molecule has 2 aromatic heterocycles. The number of carbonyl (C=O) groups is 1. The Kier molecular flexibility index (Phi) is 7.51. The van der Waals surface area contributed by atoms with Gasteiger partial charge in [0.2, 0.25) is 5.91 Å². The highest BCUT2D eigenvalue weighted by Gasteiger charge is 2.21. The van der Waals surface area contributed by atoms with Gasteiger partial charge in [0.15, 0.2) is 5.16 Å². The smallest absolute Gasteiger partial charge is 0.235 e. The highest BCUT2D eigenvalue weighted by molar-refractivity contribution is 7.99. The first-order valence-electron chi connectivity index (χ1n) is 10.6. The molecule has 1 N–H and O–H groups in total. The molecule has 1 amide bonds. The molecule has 2 heterocycles. The molecule has 0 saturated heterocycles. The van der Waals surface area contributed by atoms with Crippen molar-refractivity contribution in [2.75, 3.05) is 11.1 Å². The zero-order valence-corrected chi connectivity index (χ0v) is 20.2. The minimum atomic E-state index is -0.136. The van der Waals surface area contributed by atoms with Crippen LogP contribution in [0, 0.1) is 11.3 Å². The molecule has 0 radical (unpaired) electrons. The molecule has 0 unspecified atom stereocenters. The third-order valence-corrected chi connectivity index (χ3v) is 8.05. The molecule has 6 nitrogen and oxygen atoms in total. The van der Waals surface area contributed by atoms with E-state index in [4.69, 9.17) is 11.6 Å². The van der Waals surface area contributed by atoms with E-state index < -0.39 is 0 Å². The van der Waals surface area contributed by atoms with E-state index in [1.54, 1.807) is 11.3 Å². The monoisotopic (exact) mass is 485 g/mol. The van der Waals surface area contributed by atoms with Gasteiger partial charge in [-0.05, 0) is 48.9 Å². The van der Waals surface area contributed by atoms with Crippen LogP contribution in [0.3, 0.4) is 0 Å². The maximum absolute atomic E-state index is 12.6. The molecule has 9 heteroatoms. The molecule has 4 rings (SSSR count). The summed E-state index contributed by atoms with van der Waals surface area (Å²) in [6.45, 7) is 0. The van der Waals surface area contributed by atoms with E-state index in [0.717, 1.165) is 42.6 Å². The average Bonchev–Trinajstić information content (AvgIpc) is 3.27. The predicted octanol–water partition coefficient (Wildman–Crippen LogP) is 5.38. The number of thioether (sulfide) groups is 1. The summed E-state index contributed by atoms with van der Waals surface area (Å²) in [7, 11) is 1.90. The van der Waals surface area contributed by atoms with E-state index in [0.29, 0.717) is 27.2 Å². The molecule has 1 aliphatic carbocycles. The van der Waals surface area contributed by atoms with Gasteiger partial charge in [0, 0.05) is 23.4 Å². The van der Waals surface area contributed by atoms with Crippen LogP contribution in [0.1, 0.15) is 53.1 Å². The van der Waals surface area contributed by atoms with Crippen molar-refractivity contribution in [3.63, 3.8) is 0 Å². The molecule has 0 saturated carbocycles. The first-order valence-corrected chi connectivity index (χ1v) is 12.8. The fourth-order valence-corrected chi connectivity index (χ4v) is 5.94. The summed E-state index contributed by atoms with van der Waals surface area (Å²) in [5.74, 6) is 0.892. The molecule has 0 atom stereocenters. The summed E-state index contributed by atoms with van der Waals surface area (Å²) in [4.78, 5) is 13.9. The Bertz CT molecular complexity index is 1150. The molecule has 32 heavy (non-hydrogen) atoms. The number of nitrogens with zero attached hydrogens (tertiary/aromatic N) is 4.